The van der Waals surface area contributed by atoms with Gasteiger partial charge in [0.25, 0.3) is 5.97 Å². The number of ether oxygens (including phenoxy) is 2. The Labute approximate surface area is 146 Å². The lowest BCUT2D eigenvalue weighted by molar-refractivity contribution is -0.134. The van der Waals surface area contributed by atoms with Gasteiger partial charge in [0, 0.05) is 30.5 Å². The molecule has 25 heavy (non-hydrogen) atoms. The van der Waals surface area contributed by atoms with E-state index in [4.69, 9.17) is 30.5 Å². The van der Waals surface area contributed by atoms with Crippen LogP contribution in [0.15, 0.2) is 30.9 Å². The first-order valence-electron chi connectivity index (χ1n) is 7.67. The Bertz CT molecular complexity index is 641. The van der Waals surface area contributed by atoms with E-state index in [9.17, 15) is 4.79 Å². The SMILES string of the molecule is C=CCOC(=O)NCCC1COc2ccc(C(=N)N)cc21.CC(=O)O. The number of carboxylic acid groups (broad SMARTS) is 1. The first kappa shape index (κ1) is 20.0. The standard InChI is InChI=1S/C15H19N3O3.C2H4O2/c1-2-7-20-15(19)18-6-5-11-9-21-13-4-3-10(14(16)17)8-12(11)13;1-2(3)4/h2-4,8,11H,1,5-7,9H2,(H3,16,17)(H,18,19);1H3,(H,3,4). The van der Waals surface area contributed by atoms with Gasteiger partial charge in [-0.2, -0.15) is 0 Å². The van der Waals surface area contributed by atoms with Gasteiger partial charge in [0.15, 0.2) is 0 Å². The summed E-state index contributed by atoms with van der Waals surface area (Å²) in [5.74, 6) is 0.202. The molecule has 1 unspecified atom stereocenters. The molecule has 0 aromatic heterocycles. The van der Waals surface area contributed by atoms with Crippen LogP contribution in [0.1, 0.15) is 30.4 Å². The van der Waals surface area contributed by atoms with Crippen LogP contribution < -0.4 is 15.8 Å². The predicted molar refractivity (Wildman–Crippen MR) is 93.2 cm³/mol. The van der Waals surface area contributed by atoms with Crippen molar-refractivity contribution in [1.29, 1.82) is 5.41 Å². The summed E-state index contributed by atoms with van der Waals surface area (Å²) in [5, 5.41) is 17.6. The highest BCUT2D eigenvalue weighted by molar-refractivity contribution is 5.95. The Morgan fingerprint density at radius 2 is 2.24 bits per heavy atom. The first-order chi connectivity index (χ1) is 11.8. The van der Waals surface area contributed by atoms with Crippen LogP contribution in [0.5, 0.6) is 5.75 Å². The number of hydrogen-bond acceptors (Lipinski definition) is 5. The lowest BCUT2D eigenvalue weighted by Gasteiger charge is -2.10. The van der Waals surface area contributed by atoms with Gasteiger partial charge in [-0.15, -0.1) is 0 Å². The molecule has 0 spiro atoms. The number of aliphatic carboxylic acids is 1. The number of nitrogens with one attached hydrogen (secondary N) is 2. The topological polar surface area (TPSA) is 135 Å². The number of carbonyl (C=O) groups excluding carboxylic acids is 1. The molecule has 8 nitrogen and oxygen atoms in total. The highest BCUT2D eigenvalue weighted by Gasteiger charge is 2.24. The van der Waals surface area contributed by atoms with Gasteiger partial charge < -0.3 is 25.6 Å². The van der Waals surface area contributed by atoms with E-state index in [0.717, 1.165) is 24.7 Å². The van der Waals surface area contributed by atoms with Crippen molar-refractivity contribution in [1.82, 2.24) is 5.32 Å². The molecule has 0 bridgehead atoms. The number of alkyl carbamates (subject to hydrolysis) is 1. The second-order valence-corrected chi connectivity index (χ2v) is 5.30. The summed E-state index contributed by atoms with van der Waals surface area (Å²) in [7, 11) is 0. The van der Waals surface area contributed by atoms with E-state index in [2.05, 4.69) is 11.9 Å². The zero-order valence-corrected chi connectivity index (χ0v) is 14.1. The fourth-order valence-electron chi connectivity index (χ4n) is 2.22. The van der Waals surface area contributed by atoms with Gasteiger partial charge in [0.05, 0.1) is 6.61 Å². The maximum Gasteiger partial charge on any atom is 0.407 e. The Morgan fingerprint density at radius 1 is 1.56 bits per heavy atom. The number of carbonyl (C=O) groups is 2. The molecule has 0 radical (unpaired) electrons. The van der Waals surface area contributed by atoms with Crippen molar-refractivity contribution in [3.63, 3.8) is 0 Å². The Balaban J connectivity index is 0.000000705. The molecule has 1 amide bonds. The predicted octanol–water partition coefficient (Wildman–Crippen LogP) is 1.84. The Kier molecular flexibility index (Phi) is 7.98. The molecule has 1 aliphatic heterocycles. The smallest absolute Gasteiger partial charge is 0.407 e. The van der Waals surface area contributed by atoms with Crippen molar-refractivity contribution in [3.8, 4) is 5.75 Å². The molecule has 1 heterocycles. The molecule has 0 aliphatic carbocycles. The van der Waals surface area contributed by atoms with Crippen molar-refractivity contribution in [2.45, 2.75) is 19.3 Å². The van der Waals surface area contributed by atoms with Gasteiger partial charge in [-0.3, -0.25) is 10.2 Å². The van der Waals surface area contributed by atoms with Crippen LogP contribution in [0.2, 0.25) is 0 Å². The van der Waals surface area contributed by atoms with Crippen LogP contribution >= 0.6 is 0 Å². The van der Waals surface area contributed by atoms with Crippen LogP contribution in [0.3, 0.4) is 0 Å². The highest BCUT2D eigenvalue weighted by Crippen LogP contribution is 2.36. The van der Waals surface area contributed by atoms with Crippen LogP contribution in [0.25, 0.3) is 0 Å². The van der Waals surface area contributed by atoms with Gasteiger partial charge in [-0.1, -0.05) is 12.7 Å². The molecule has 136 valence electrons. The van der Waals surface area contributed by atoms with Crippen molar-refractivity contribution >= 4 is 17.9 Å². The van der Waals surface area contributed by atoms with Crippen LogP contribution in [0.4, 0.5) is 4.79 Å². The van der Waals surface area contributed by atoms with Crippen LogP contribution in [-0.4, -0.2) is 42.8 Å². The van der Waals surface area contributed by atoms with Crippen LogP contribution in [-0.2, 0) is 9.53 Å². The summed E-state index contributed by atoms with van der Waals surface area (Å²) in [4.78, 5) is 20.3. The number of nitrogens with two attached hydrogens (primary N) is 1. The zero-order chi connectivity index (χ0) is 18.8. The van der Waals surface area contributed by atoms with E-state index in [1.807, 2.05) is 12.1 Å². The minimum absolute atomic E-state index is 0.0366. The van der Waals surface area contributed by atoms with Gasteiger partial charge in [0.2, 0.25) is 0 Å². The van der Waals surface area contributed by atoms with E-state index < -0.39 is 12.1 Å². The van der Waals surface area contributed by atoms with E-state index in [1.165, 1.54) is 6.08 Å². The molecule has 1 atom stereocenters. The largest absolute Gasteiger partial charge is 0.493 e. The Morgan fingerprint density at radius 3 is 2.84 bits per heavy atom. The molecule has 0 fully saturated rings. The second-order valence-electron chi connectivity index (χ2n) is 5.30. The summed E-state index contributed by atoms with van der Waals surface area (Å²) in [5.41, 5.74) is 7.21. The molecule has 1 aliphatic rings. The van der Waals surface area contributed by atoms with Gasteiger partial charge in [0.1, 0.15) is 18.2 Å². The molecule has 2 rings (SSSR count). The summed E-state index contributed by atoms with van der Waals surface area (Å²) in [6, 6.07) is 5.48. The fourth-order valence-corrected chi connectivity index (χ4v) is 2.22. The number of hydrogen-bond donors (Lipinski definition) is 4. The van der Waals surface area contributed by atoms with E-state index in [0.29, 0.717) is 18.7 Å². The van der Waals surface area contributed by atoms with Crippen molar-refractivity contribution < 1.29 is 24.2 Å². The maximum atomic E-state index is 11.3. The lowest BCUT2D eigenvalue weighted by Crippen LogP contribution is -2.26. The monoisotopic (exact) mass is 349 g/mol. The number of amides is 1. The minimum Gasteiger partial charge on any atom is -0.493 e. The quantitative estimate of drug-likeness (QED) is 0.352. The third-order valence-electron chi connectivity index (χ3n) is 3.30. The molecule has 1 aromatic carbocycles. The zero-order valence-electron chi connectivity index (χ0n) is 14.1. The highest BCUT2D eigenvalue weighted by atomic mass is 16.5. The lowest BCUT2D eigenvalue weighted by atomic mass is 9.96. The third-order valence-corrected chi connectivity index (χ3v) is 3.30. The van der Waals surface area contributed by atoms with Gasteiger partial charge in [-0.05, 0) is 24.6 Å². The summed E-state index contributed by atoms with van der Waals surface area (Å²) in [6.07, 6.45) is 1.80. The number of amidine groups is 1. The van der Waals surface area contributed by atoms with E-state index in [1.54, 1.807) is 6.07 Å². The van der Waals surface area contributed by atoms with Crippen molar-refractivity contribution in [2.24, 2.45) is 5.73 Å². The van der Waals surface area contributed by atoms with Crippen LogP contribution in [0, 0.1) is 5.41 Å². The summed E-state index contributed by atoms with van der Waals surface area (Å²) in [6.45, 7) is 5.82. The molecule has 0 saturated carbocycles. The summed E-state index contributed by atoms with van der Waals surface area (Å²) >= 11 is 0. The number of rotatable bonds is 6. The number of benzene rings is 1. The van der Waals surface area contributed by atoms with Crippen molar-refractivity contribution in [3.05, 3.63) is 42.0 Å². The van der Waals surface area contributed by atoms with Gasteiger partial charge >= 0.3 is 6.09 Å². The van der Waals surface area contributed by atoms with E-state index >= 15 is 0 Å². The van der Waals surface area contributed by atoms with Crippen molar-refractivity contribution in [2.75, 3.05) is 19.8 Å². The fraction of sp³-hybridized carbons (Fsp3) is 0.353. The molecule has 1 aromatic rings. The number of nitrogen functional groups attached to an aromatic ring is 1. The van der Waals surface area contributed by atoms with E-state index in [-0.39, 0.29) is 18.4 Å². The normalized spacial score (nSPS) is 14.2. The minimum atomic E-state index is -0.833. The molecular formula is C17H23N3O5. The summed E-state index contributed by atoms with van der Waals surface area (Å²) < 4.78 is 10.4. The first-order valence-corrected chi connectivity index (χ1v) is 7.67. The molecule has 5 N–H and O–H groups in total. The average molecular weight is 349 g/mol. The maximum absolute atomic E-state index is 11.3. The molecule has 8 heteroatoms. The van der Waals surface area contributed by atoms with Gasteiger partial charge in [-0.25, -0.2) is 4.79 Å². The molecular weight excluding hydrogens is 326 g/mol. The number of fused-ring (bicyclic) bond motifs is 1. The third kappa shape index (κ3) is 6.94. The number of carboxylic acids is 1. The second kappa shape index (κ2) is 9.96. The average Bonchev–Trinajstić information content (AvgIpc) is 2.94. The molecule has 0 saturated heterocycles. The Hall–Kier alpha value is -3.03.